The molecule has 1 N–H and O–H groups in total. The van der Waals surface area contributed by atoms with Crippen LogP contribution in [-0.4, -0.2) is 18.0 Å². The summed E-state index contributed by atoms with van der Waals surface area (Å²) in [6.45, 7) is 5.30. The summed E-state index contributed by atoms with van der Waals surface area (Å²) in [5, 5.41) is 2.31. The molecule has 0 radical (unpaired) electrons. The lowest BCUT2D eigenvalue weighted by Crippen LogP contribution is -2.41. The molecule has 4 nitrogen and oxygen atoms in total. The molecule has 0 aliphatic carbocycles. The summed E-state index contributed by atoms with van der Waals surface area (Å²) >= 11 is 0. The number of carbonyl (C=O) groups excluding carboxylic acids is 2. The van der Waals surface area contributed by atoms with Gasteiger partial charge in [0.2, 0.25) is 11.8 Å². The largest absolute Gasteiger partial charge is 0.296 e. The van der Waals surface area contributed by atoms with Crippen LogP contribution in [0.2, 0.25) is 0 Å². The van der Waals surface area contributed by atoms with Gasteiger partial charge in [0.15, 0.2) is 0 Å². The number of amides is 2. The molecule has 0 spiro atoms. The molecule has 0 bridgehead atoms. The topological polar surface area (TPSA) is 58.5 Å². The minimum atomic E-state index is -0.267. The molecule has 1 heterocycles. The molecule has 1 atom stereocenters. The number of piperidine rings is 1. The molecule has 1 aliphatic heterocycles. The van der Waals surface area contributed by atoms with E-state index in [0.717, 1.165) is 5.57 Å². The van der Waals surface area contributed by atoms with Gasteiger partial charge in [0, 0.05) is 18.8 Å². The van der Waals surface area contributed by atoms with Gasteiger partial charge in [0.1, 0.15) is 0 Å². The van der Waals surface area contributed by atoms with Crippen molar-refractivity contribution in [3.8, 4) is 0 Å². The summed E-state index contributed by atoms with van der Waals surface area (Å²) in [4.78, 5) is 26.3. The van der Waals surface area contributed by atoms with Crippen molar-refractivity contribution in [3.05, 3.63) is 24.4 Å². The summed E-state index contributed by atoms with van der Waals surface area (Å²) in [7, 11) is 0. The Balaban J connectivity index is 2.77. The minimum absolute atomic E-state index is 0.202. The first-order valence-electron chi connectivity index (χ1n) is 4.83. The van der Waals surface area contributed by atoms with Gasteiger partial charge in [0.25, 0.3) is 0 Å². The van der Waals surface area contributed by atoms with Gasteiger partial charge in [-0.3, -0.25) is 19.9 Å². The predicted octanol–water partition coefficient (Wildman–Crippen LogP) is 1.20. The Morgan fingerprint density at radius 1 is 1.60 bits per heavy atom. The Bertz CT molecular complexity index is 342. The summed E-state index contributed by atoms with van der Waals surface area (Å²) in [5.41, 5.74) is 0.819. The maximum atomic E-state index is 11.5. The third kappa shape index (κ3) is 2.87. The van der Waals surface area contributed by atoms with Crippen LogP contribution < -0.4 is 5.32 Å². The van der Waals surface area contributed by atoms with E-state index in [1.165, 1.54) is 6.20 Å². The normalized spacial score (nSPS) is 23.0. The second-order valence-corrected chi connectivity index (χ2v) is 3.25. The Morgan fingerprint density at radius 3 is 2.87 bits per heavy atom. The second-order valence-electron chi connectivity index (χ2n) is 3.25. The number of aliphatic imine (C=N–C) groups is 1. The van der Waals surface area contributed by atoms with Crippen molar-refractivity contribution in [1.29, 1.82) is 0 Å². The third-order valence-electron chi connectivity index (χ3n) is 2.30. The van der Waals surface area contributed by atoms with Gasteiger partial charge in [-0.05, 0) is 18.9 Å². The van der Waals surface area contributed by atoms with E-state index >= 15 is 0 Å². The van der Waals surface area contributed by atoms with Crippen molar-refractivity contribution in [2.45, 2.75) is 19.8 Å². The minimum Gasteiger partial charge on any atom is -0.296 e. The van der Waals surface area contributed by atoms with Crippen molar-refractivity contribution < 1.29 is 9.59 Å². The predicted molar refractivity (Wildman–Crippen MR) is 58.3 cm³/mol. The van der Waals surface area contributed by atoms with E-state index in [4.69, 9.17) is 0 Å². The summed E-state index contributed by atoms with van der Waals surface area (Å²) in [6.07, 6.45) is 5.78. The van der Waals surface area contributed by atoms with Gasteiger partial charge in [-0.1, -0.05) is 12.7 Å². The van der Waals surface area contributed by atoms with Crippen molar-refractivity contribution in [2.24, 2.45) is 10.9 Å². The summed E-state index contributed by atoms with van der Waals surface area (Å²) in [5.74, 6) is -0.710. The fourth-order valence-corrected chi connectivity index (χ4v) is 1.52. The van der Waals surface area contributed by atoms with Gasteiger partial charge in [-0.25, -0.2) is 0 Å². The fraction of sp³-hybridized carbons (Fsp3) is 0.364. The van der Waals surface area contributed by atoms with Gasteiger partial charge >= 0.3 is 0 Å². The van der Waals surface area contributed by atoms with E-state index < -0.39 is 0 Å². The Morgan fingerprint density at radius 2 is 2.33 bits per heavy atom. The van der Waals surface area contributed by atoms with Crippen LogP contribution in [0.4, 0.5) is 0 Å². The Hall–Kier alpha value is -1.71. The standard InChI is InChI=1S/C11H14N2O2/c1-3-8(7-12-4-2)9-5-6-10(14)13-11(9)15/h3-4,7,9H,2,5-6H2,1H3,(H,13,14,15)/b8-3+,12-7?. The number of imide groups is 1. The average Bonchev–Trinajstić information content (AvgIpc) is 2.21. The van der Waals surface area contributed by atoms with Crippen LogP contribution >= 0.6 is 0 Å². The molecule has 0 aromatic heterocycles. The number of allylic oxidation sites excluding steroid dienone is 1. The number of nitrogens with one attached hydrogen (secondary N) is 1. The monoisotopic (exact) mass is 206 g/mol. The van der Waals surface area contributed by atoms with E-state index in [1.54, 1.807) is 6.21 Å². The molecular formula is C11H14N2O2. The van der Waals surface area contributed by atoms with Crippen LogP contribution in [-0.2, 0) is 9.59 Å². The van der Waals surface area contributed by atoms with E-state index in [1.807, 2.05) is 13.0 Å². The lowest BCUT2D eigenvalue weighted by Gasteiger charge is -2.21. The van der Waals surface area contributed by atoms with E-state index in [-0.39, 0.29) is 17.7 Å². The van der Waals surface area contributed by atoms with Gasteiger partial charge in [-0.2, -0.15) is 0 Å². The van der Waals surface area contributed by atoms with Crippen LogP contribution in [0.25, 0.3) is 0 Å². The number of rotatable bonds is 3. The number of nitrogens with zero attached hydrogens (tertiary/aromatic N) is 1. The molecular weight excluding hydrogens is 192 g/mol. The molecule has 1 aliphatic rings. The molecule has 15 heavy (non-hydrogen) atoms. The van der Waals surface area contributed by atoms with E-state index in [9.17, 15) is 9.59 Å². The highest BCUT2D eigenvalue weighted by atomic mass is 16.2. The van der Waals surface area contributed by atoms with E-state index in [0.29, 0.717) is 12.8 Å². The molecule has 4 heteroatoms. The van der Waals surface area contributed by atoms with Crippen LogP contribution in [0.15, 0.2) is 29.4 Å². The van der Waals surface area contributed by atoms with Crippen molar-refractivity contribution in [2.75, 3.05) is 0 Å². The van der Waals surface area contributed by atoms with Gasteiger partial charge in [-0.15, -0.1) is 0 Å². The lowest BCUT2D eigenvalue weighted by molar-refractivity contribution is -0.135. The zero-order valence-electron chi connectivity index (χ0n) is 8.69. The fourth-order valence-electron chi connectivity index (χ4n) is 1.52. The van der Waals surface area contributed by atoms with Crippen molar-refractivity contribution in [1.82, 2.24) is 5.32 Å². The van der Waals surface area contributed by atoms with Crippen molar-refractivity contribution in [3.63, 3.8) is 0 Å². The second kappa shape index (κ2) is 5.24. The SMILES string of the molecule is C=CN=C/C(=C\C)C1CCC(=O)NC1=O. The summed E-state index contributed by atoms with van der Waals surface area (Å²) in [6, 6.07) is 0. The van der Waals surface area contributed by atoms with Gasteiger partial charge < -0.3 is 0 Å². The molecule has 0 aromatic carbocycles. The molecule has 1 saturated heterocycles. The first-order chi connectivity index (χ1) is 7.19. The number of hydrogen-bond donors (Lipinski definition) is 1. The highest BCUT2D eigenvalue weighted by Crippen LogP contribution is 2.19. The average molecular weight is 206 g/mol. The third-order valence-corrected chi connectivity index (χ3v) is 2.30. The first kappa shape index (κ1) is 11.4. The van der Waals surface area contributed by atoms with Crippen LogP contribution in [0.1, 0.15) is 19.8 Å². The maximum Gasteiger partial charge on any atom is 0.234 e. The zero-order valence-corrected chi connectivity index (χ0v) is 8.69. The van der Waals surface area contributed by atoms with Gasteiger partial charge in [0.05, 0.1) is 5.92 Å². The smallest absolute Gasteiger partial charge is 0.234 e. The van der Waals surface area contributed by atoms with Crippen molar-refractivity contribution >= 4 is 18.0 Å². The van der Waals surface area contributed by atoms with Crippen LogP contribution in [0.3, 0.4) is 0 Å². The molecule has 0 aromatic rings. The number of carbonyl (C=O) groups is 2. The highest BCUT2D eigenvalue weighted by Gasteiger charge is 2.28. The molecule has 80 valence electrons. The first-order valence-corrected chi connectivity index (χ1v) is 4.83. The Kier molecular flexibility index (Phi) is 3.97. The quantitative estimate of drug-likeness (QED) is 0.557. The van der Waals surface area contributed by atoms with E-state index in [2.05, 4.69) is 16.9 Å². The highest BCUT2D eigenvalue weighted by molar-refractivity contribution is 6.02. The Labute approximate surface area is 88.8 Å². The molecule has 1 rings (SSSR count). The molecule has 0 saturated carbocycles. The molecule has 1 unspecified atom stereocenters. The van der Waals surface area contributed by atoms with Crippen LogP contribution in [0, 0.1) is 5.92 Å². The lowest BCUT2D eigenvalue weighted by atomic mass is 9.90. The zero-order chi connectivity index (χ0) is 11.3. The molecule has 2 amide bonds. The van der Waals surface area contributed by atoms with Crippen LogP contribution in [0.5, 0.6) is 0 Å². The molecule has 1 fully saturated rings. The maximum absolute atomic E-state index is 11.5. The summed E-state index contributed by atoms with van der Waals surface area (Å²) < 4.78 is 0. The number of hydrogen-bond acceptors (Lipinski definition) is 3.